The summed E-state index contributed by atoms with van der Waals surface area (Å²) in [6, 6.07) is 5.83. The van der Waals surface area contributed by atoms with Crippen LogP contribution in [0.5, 0.6) is 0 Å². The summed E-state index contributed by atoms with van der Waals surface area (Å²) in [6.45, 7) is 0.468. The third-order valence-corrected chi connectivity index (χ3v) is 5.73. The molecule has 0 saturated heterocycles. The molecule has 0 aliphatic heterocycles. The van der Waals surface area contributed by atoms with E-state index in [1.165, 1.54) is 29.5 Å². The number of carbonyl (C=O) groups excluding carboxylic acids is 1. The fourth-order valence-corrected chi connectivity index (χ4v) is 4.50. The molecule has 0 N–H and O–H groups in total. The molecule has 1 heterocycles. The Labute approximate surface area is 152 Å². The maximum atomic E-state index is 14.2. The fraction of sp³-hybridized carbons (Fsp3) is 0.474. The van der Waals surface area contributed by atoms with Gasteiger partial charge >= 0.3 is 0 Å². The second-order valence-corrected chi connectivity index (χ2v) is 7.93. The molecule has 0 radical (unpaired) electrons. The highest BCUT2D eigenvalue weighted by Gasteiger charge is 2.29. The largest absolute Gasteiger partial charge is 0.337 e. The lowest BCUT2D eigenvalue weighted by molar-refractivity contribution is -0.135. The van der Waals surface area contributed by atoms with E-state index in [0.29, 0.717) is 12.1 Å². The summed E-state index contributed by atoms with van der Waals surface area (Å²) in [6.07, 6.45) is 4.56. The number of aryl methyl sites for hydroxylation is 2. The highest BCUT2D eigenvalue weighted by molar-refractivity contribution is 7.11. The number of hydrogen-bond acceptors (Lipinski definition) is 4. The predicted molar refractivity (Wildman–Crippen MR) is 98.1 cm³/mol. The van der Waals surface area contributed by atoms with Crippen molar-refractivity contribution in [2.24, 2.45) is 0 Å². The zero-order chi connectivity index (χ0) is 18.0. The Morgan fingerprint density at radius 1 is 1.24 bits per heavy atom. The first-order chi connectivity index (χ1) is 12.0. The van der Waals surface area contributed by atoms with Crippen molar-refractivity contribution in [3.63, 3.8) is 0 Å². The molecule has 1 aromatic carbocycles. The summed E-state index contributed by atoms with van der Waals surface area (Å²) in [7, 11) is 5.36. The van der Waals surface area contributed by atoms with E-state index < -0.39 is 6.04 Å². The number of aromatic nitrogens is 1. The lowest BCUT2D eigenvalue weighted by Gasteiger charge is -2.28. The normalized spacial score (nSPS) is 15.1. The number of likely N-dealkylation sites (N-methyl/N-ethyl adjacent to an activating group) is 2. The quantitative estimate of drug-likeness (QED) is 0.819. The molecule has 0 unspecified atom stereocenters. The molecule has 1 aromatic heterocycles. The molecule has 6 heteroatoms. The first kappa shape index (κ1) is 18.0. The number of halogens is 1. The van der Waals surface area contributed by atoms with Gasteiger partial charge in [0.15, 0.2) is 0 Å². The van der Waals surface area contributed by atoms with E-state index in [1.54, 1.807) is 60.5 Å². The summed E-state index contributed by atoms with van der Waals surface area (Å²) < 4.78 is 14.2. The average Bonchev–Trinajstić information content (AvgIpc) is 2.98. The van der Waals surface area contributed by atoms with E-state index in [1.807, 2.05) is 0 Å². The molecule has 1 aliphatic carbocycles. The zero-order valence-corrected chi connectivity index (χ0v) is 15.8. The minimum absolute atomic E-state index is 0.122. The number of nitrogens with zero attached hydrogens (tertiary/aromatic N) is 3. The number of hydrogen-bond donors (Lipinski definition) is 0. The van der Waals surface area contributed by atoms with Crippen molar-refractivity contribution in [1.29, 1.82) is 0 Å². The van der Waals surface area contributed by atoms with Gasteiger partial charge in [-0.25, -0.2) is 9.37 Å². The van der Waals surface area contributed by atoms with E-state index in [9.17, 15) is 9.18 Å². The average molecular weight is 361 g/mol. The third kappa shape index (κ3) is 3.90. The van der Waals surface area contributed by atoms with Crippen LogP contribution in [-0.2, 0) is 24.2 Å². The Balaban J connectivity index is 1.78. The fourth-order valence-electron chi connectivity index (χ4n) is 3.29. The Hall–Kier alpha value is -1.79. The molecule has 4 nitrogen and oxygen atoms in total. The molecule has 1 atom stereocenters. The number of carbonyl (C=O) groups is 1. The van der Waals surface area contributed by atoms with E-state index in [4.69, 9.17) is 4.98 Å². The van der Waals surface area contributed by atoms with Crippen molar-refractivity contribution in [2.45, 2.75) is 38.3 Å². The molecular weight excluding hydrogens is 337 g/mol. The van der Waals surface area contributed by atoms with Crippen molar-refractivity contribution in [3.8, 4) is 0 Å². The summed E-state index contributed by atoms with van der Waals surface area (Å²) in [5.74, 6) is -0.476. The summed E-state index contributed by atoms with van der Waals surface area (Å²) in [4.78, 5) is 22.5. The van der Waals surface area contributed by atoms with Crippen LogP contribution in [0.25, 0.3) is 0 Å². The molecule has 25 heavy (non-hydrogen) atoms. The van der Waals surface area contributed by atoms with Crippen LogP contribution in [-0.4, -0.2) is 41.8 Å². The van der Waals surface area contributed by atoms with Crippen molar-refractivity contribution >= 4 is 17.2 Å². The minimum Gasteiger partial charge on any atom is -0.337 e. The molecular formula is C19H24FN3OS. The van der Waals surface area contributed by atoms with Gasteiger partial charge in [0, 0.05) is 17.5 Å². The lowest BCUT2D eigenvalue weighted by Crippen LogP contribution is -2.38. The summed E-state index contributed by atoms with van der Waals surface area (Å²) >= 11 is 1.71. The SMILES string of the molecule is CN(Cc1nc2c(s1)CCCC2)C(=O)[C@@H](c1ccccc1F)N(C)C. The van der Waals surface area contributed by atoms with Crippen molar-refractivity contribution < 1.29 is 9.18 Å². The van der Waals surface area contributed by atoms with Gasteiger partial charge in [0.1, 0.15) is 16.9 Å². The van der Waals surface area contributed by atoms with Gasteiger partial charge in [-0.05, 0) is 45.8 Å². The van der Waals surface area contributed by atoms with Gasteiger partial charge in [-0.1, -0.05) is 18.2 Å². The highest BCUT2D eigenvalue weighted by Crippen LogP contribution is 2.28. The highest BCUT2D eigenvalue weighted by atomic mass is 32.1. The van der Waals surface area contributed by atoms with Crippen LogP contribution in [0.4, 0.5) is 4.39 Å². The lowest BCUT2D eigenvalue weighted by atomic mass is 10.0. The van der Waals surface area contributed by atoms with Gasteiger partial charge in [-0.2, -0.15) is 0 Å². The molecule has 2 aromatic rings. The van der Waals surface area contributed by atoms with E-state index in [2.05, 4.69) is 0 Å². The number of amides is 1. The van der Waals surface area contributed by atoms with Crippen LogP contribution in [0.2, 0.25) is 0 Å². The molecule has 1 amide bonds. The Kier molecular flexibility index (Phi) is 5.49. The maximum absolute atomic E-state index is 14.2. The van der Waals surface area contributed by atoms with E-state index in [0.717, 1.165) is 17.8 Å². The van der Waals surface area contributed by atoms with E-state index >= 15 is 0 Å². The third-order valence-electron chi connectivity index (χ3n) is 4.59. The van der Waals surface area contributed by atoms with Crippen LogP contribution < -0.4 is 0 Å². The monoisotopic (exact) mass is 361 g/mol. The minimum atomic E-state index is -0.638. The standard InChI is InChI=1S/C19H24FN3OS/c1-22(2)18(13-8-4-5-9-14(13)20)19(24)23(3)12-17-21-15-10-6-7-11-16(15)25-17/h4-5,8-9,18H,6-7,10-12H2,1-3H3/t18-/m1/s1. The van der Waals surface area contributed by atoms with Crippen LogP contribution in [0.3, 0.4) is 0 Å². The molecule has 0 spiro atoms. The number of thiazole rings is 1. The van der Waals surface area contributed by atoms with Gasteiger partial charge in [0.05, 0.1) is 12.2 Å². The summed E-state index contributed by atoms with van der Waals surface area (Å²) in [5.41, 5.74) is 1.60. The first-order valence-corrected chi connectivity index (χ1v) is 9.42. The second kappa shape index (κ2) is 7.62. The van der Waals surface area contributed by atoms with Crippen LogP contribution in [0.15, 0.2) is 24.3 Å². The van der Waals surface area contributed by atoms with Gasteiger partial charge < -0.3 is 4.90 Å². The van der Waals surface area contributed by atoms with Gasteiger partial charge in [0.2, 0.25) is 5.91 Å². The first-order valence-electron chi connectivity index (χ1n) is 8.60. The predicted octanol–water partition coefficient (Wildman–Crippen LogP) is 3.42. The zero-order valence-electron chi connectivity index (χ0n) is 15.0. The van der Waals surface area contributed by atoms with Gasteiger partial charge in [0.25, 0.3) is 0 Å². The Morgan fingerprint density at radius 3 is 2.64 bits per heavy atom. The smallest absolute Gasteiger partial charge is 0.244 e. The van der Waals surface area contributed by atoms with Crippen LogP contribution in [0.1, 0.15) is 40.0 Å². The number of fused-ring (bicyclic) bond motifs is 1. The molecule has 134 valence electrons. The second-order valence-electron chi connectivity index (χ2n) is 6.77. The van der Waals surface area contributed by atoms with Crippen LogP contribution >= 0.6 is 11.3 Å². The Bertz CT molecular complexity index is 735. The topological polar surface area (TPSA) is 36.4 Å². The number of rotatable bonds is 5. The molecule has 3 rings (SSSR count). The maximum Gasteiger partial charge on any atom is 0.244 e. The molecule has 0 saturated carbocycles. The van der Waals surface area contributed by atoms with Crippen molar-refractivity contribution in [2.75, 3.05) is 21.1 Å². The number of benzene rings is 1. The Morgan fingerprint density at radius 2 is 1.96 bits per heavy atom. The van der Waals surface area contributed by atoms with Crippen molar-refractivity contribution in [1.82, 2.24) is 14.8 Å². The van der Waals surface area contributed by atoms with E-state index in [-0.39, 0.29) is 11.7 Å². The van der Waals surface area contributed by atoms with Gasteiger partial charge in [-0.15, -0.1) is 11.3 Å². The molecule has 0 bridgehead atoms. The van der Waals surface area contributed by atoms with Crippen molar-refractivity contribution in [3.05, 3.63) is 51.2 Å². The van der Waals surface area contributed by atoms with Crippen LogP contribution in [0, 0.1) is 5.82 Å². The van der Waals surface area contributed by atoms with Gasteiger partial charge in [-0.3, -0.25) is 9.69 Å². The molecule has 1 aliphatic rings. The molecule has 0 fully saturated rings. The summed E-state index contributed by atoms with van der Waals surface area (Å²) in [5, 5.41) is 0.966.